The Balaban J connectivity index is 1.60. The Labute approximate surface area is 122 Å². The van der Waals surface area contributed by atoms with Crippen LogP contribution in [0.4, 0.5) is 4.39 Å². The maximum atomic E-state index is 13.7. The van der Waals surface area contributed by atoms with Crippen LogP contribution in [0.1, 0.15) is 49.0 Å². The van der Waals surface area contributed by atoms with Crippen molar-refractivity contribution in [3.05, 3.63) is 29.8 Å². The van der Waals surface area contributed by atoms with E-state index in [9.17, 15) is 9.18 Å². The van der Waals surface area contributed by atoms with E-state index in [2.05, 4.69) is 15.3 Å². The molecule has 1 amide bonds. The van der Waals surface area contributed by atoms with E-state index in [1.54, 1.807) is 6.07 Å². The highest BCUT2D eigenvalue weighted by Crippen LogP contribution is 2.44. The molecule has 0 radical (unpaired) electrons. The number of nitrogens with zero attached hydrogens (tertiary/aromatic N) is 1. The second-order valence-corrected chi connectivity index (χ2v) is 6.45. The fourth-order valence-corrected chi connectivity index (χ4v) is 3.86. The topological polar surface area (TPSA) is 57.8 Å². The van der Waals surface area contributed by atoms with Gasteiger partial charge in [0.2, 0.25) is 0 Å². The lowest BCUT2D eigenvalue weighted by atomic mass is 9.66. The van der Waals surface area contributed by atoms with Crippen LogP contribution < -0.4 is 5.32 Å². The third-order valence-electron chi connectivity index (χ3n) is 5.20. The molecule has 0 aromatic carbocycles. The number of pyridine rings is 1. The first-order valence-electron chi connectivity index (χ1n) is 7.61. The van der Waals surface area contributed by atoms with Gasteiger partial charge in [0.15, 0.2) is 0 Å². The third-order valence-corrected chi connectivity index (χ3v) is 5.20. The minimum absolute atomic E-state index is 0.0465. The molecule has 3 aliphatic rings. The van der Waals surface area contributed by atoms with Crippen LogP contribution in [0, 0.1) is 11.7 Å². The van der Waals surface area contributed by atoms with Gasteiger partial charge in [0, 0.05) is 11.7 Å². The summed E-state index contributed by atoms with van der Waals surface area (Å²) in [7, 11) is 0. The largest absolute Gasteiger partial charge is 0.345 e. The van der Waals surface area contributed by atoms with E-state index in [1.165, 1.54) is 31.5 Å². The molecule has 5 rings (SSSR count). The number of aromatic amines is 1. The maximum Gasteiger partial charge on any atom is 0.268 e. The zero-order chi connectivity index (χ0) is 14.4. The Morgan fingerprint density at radius 2 is 2.05 bits per heavy atom. The van der Waals surface area contributed by atoms with E-state index in [1.807, 2.05) is 0 Å². The van der Waals surface area contributed by atoms with Gasteiger partial charge in [-0.15, -0.1) is 0 Å². The molecule has 3 fully saturated rings. The highest BCUT2D eigenvalue weighted by molar-refractivity contribution is 5.97. The Kier molecular flexibility index (Phi) is 2.77. The van der Waals surface area contributed by atoms with Gasteiger partial charge in [-0.1, -0.05) is 0 Å². The van der Waals surface area contributed by atoms with Gasteiger partial charge >= 0.3 is 0 Å². The number of carbonyl (C=O) groups excluding carboxylic acids is 1. The van der Waals surface area contributed by atoms with Crippen molar-refractivity contribution in [2.24, 2.45) is 5.92 Å². The number of amides is 1. The number of rotatable bonds is 2. The van der Waals surface area contributed by atoms with Crippen molar-refractivity contribution in [1.82, 2.24) is 15.3 Å². The summed E-state index contributed by atoms with van der Waals surface area (Å²) < 4.78 is 13.7. The Morgan fingerprint density at radius 3 is 2.71 bits per heavy atom. The molecular weight excluding hydrogens is 269 g/mol. The highest BCUT2D eigenvalue weighted by atomic mass is 19.1. The zero-order valence-electron chi connectivity index (χ0n) is 11.8. The molecule has 2 bridgehead atoms. The first-order chi connectivity index (χ1) is 10.2. The lowest BCUT2D eigenvalue weighted by molar-refractivity contribution is 0.0710. The molecule has 0 saturated heterocycles. The summed E-state index contributed by atoms with van der Waals surface area (Å²) >= 11 is 0. The Hall–Kier alpha value is -1.91. The van der Waals surface area contributed by atoms with E-state index in [0.29, 0.717) is 16.7 Å². The number of hydrogen-bond donors (Lipinski definition) is 2. The van der Waals surface area contributed by atoms with Crippen LogP contribution in [0.15, 0.2) is 18.3 Å². The second kappa shape index (κ2) is 4.55. The molecule has 21 heavy (non-hydrogen) atoms. The van der Waals surface area contributed by atoms with E-state index in [-0.39, 0.29) is 17.3 Å². The number of H-pyrrole nitrogens is 1. The van der Waals surface area contributed by atoms with Crippen LogP contribution >= 0.6 is 0 Å². The zero-order valence-corrected chi connectivity index (χ0v) is 11.8. The molecule has 2 heterocycles. The normalized spacial score (nSPS) is 28.0. The predicted molar refractivity (Wildman–Crippen MR) is 77.4 cm³/mol. The fourth-order valence-electron chi connectivity index (χ4n) is 3.86. The van der Waals surface area contributed by atoms with E-state index in [0.717, 1.165) is 25.2 Å². The van der Waals surface area contributed by atoms with Gasteiger partial charge in [0.1, 0.15) is 17.2 Å². The van der Waals surface area contributed by atoms with Crippen molar-refractivity contribution in [3.63, 3.8) is 0 Å². The smallest absolute Gasteiger partial charge is 0.268 e. The second-order valence-electron chi connectivity index (χ2n) is 6.45. The van der Waals surface area contributed by atoms with Crippen molar-refractivity contribution in [2.75, 3.05) is 0 Å². The van der Waals surface area contributed by atoms with Crippen LogP contribution in [-0.4, -0.2) is 21.4 Å². The van der Waals surface area contributed by atoms with Crippen molar-refractivity contribution in [3.8, 4) is 0 Å². The summed E-state index contributed by atoms with van der Waals surface area (Å²) in [6.45, 7) is 0. The van der Waals surface area contributed by atoms with Gasteiger partial charge in [-0.25, -0.2) is 9.37 Å². The monoisotopic (exact) mass is 287 g/mol. The summed E-state index contributed by atoms with van der Waals surface area (Å²) in [5.74, 6) is 0.356. The number of carbonyl (C=O) groups is 1. The maximum absolute atomic E-state index is 13.7. The van der Waals surface area contributed by atoms with Crippen molar-refractivity contribution >= 4 is 16.9 Å². The number of hydrogen-bond acceptors (Lipinski definition) is 2. The number of aromatic nitrogens is 2. The van der Waals surface area contributed by atoms with Gasteiger partial charge in [-0.05, 0) is 56.6 Å². The minimum Gasteiger partial charge on any atom is -0.345 e. The number of halogens is 1. The average molecular weight is 287 g/mol. The standard InChI is InChI=1S/C16H18FN3O/c17-12-4-8-18-14-11(12)9-13(19-14)15(21)20-16-5-1-10(2-6-16)3-7-16/h4,8-10H,1-3,5-7H2,(H,18,19)(H,20,21). The molecule has 3 aliphatic carbocycles. The van der Waals surface area contributed by atoms with Crippen molar-refractivity contribution in [2.45, 2.75) is 44.1 Å². The summed E-state index contributed by atoms with van der Waals surface area (Å²) in [6.07, 6.45) is 8.23. The molecule has 2 aromatic rings. The summed E-state index contributed by atoms with van der Waals surface area (Å²) in [4.78, 5) is 19.5. The van der Waals surface area contributed by atoms with Crippen LogP contribution in [0.2, 0.25) is 0 Å². The quantitative estimate of drug-likeness (QED) is 0.891. The van der Waals surface area contributed by atoms with Gasteiger partial charge in [-0.2, -0.15) is 0 Å². The van der Waals surface area contributed by atoms with Crippen LogP contribution in [-0.2, 0) is 0 Å². The fraction of sp³-hybridized carbons (Fsp3) is 0.500. The lowest BCUT2D eigenvalue weighted by Gasteiger charge is -2.46. The molecule has 110 valence electrons. The lowest BCUT2D eigenvalue weighted by Crippen LogP contribution is -2.53. The molecule has 0 atom stereocenters. The van der Waals surface area contributed by atoms with Gasteiger partial charge in [0.05, 0.1) is 5.39 Å². The molecule has 4 nitrogen and oxygen atoms in total. The van der Waals surface area contributed by atoms with E-state index >= 15 is 0 Å². The SMILES string of the molecule is O=C(NC12CCC(CC1)CC2)c1cc2c(F)ccnc2[nH]1. The van der Waals surface area contributed by atoms with Gasteiger partial charge < -0.3 is 10.3 Å². The molecule has 3 saturated carbocycles. The summed E-state index contributed by atoms with van der Waals surface area (Å²) in [5.41, 5.74) is 0.768. The molecule has 2 N–H and O–H groups in total. The molecular formula is C16H18FN3O. The van der Waals surface area contributed by atoms with Gasteiger partial charge in [0.25, 0.3) is 5.91 Å². The first-order valence-corrected chi connectivity index (χ1v) is 7.61. The predicted octanol–water partition coefficient (Wildman–Crippen LogP) is 3.15. The van der Waals surface area contributed by atoms with Crippen LogP contribution in [0.5, 0.6) is 0 Å². The molecule has 5 heteroatoms. The number of fused-ring (bicyclic) bond motifs is 4. The summed E-state index contributed by atoms with van der Waals surface area (Å²) in [5, 5.41) is 3.56. The first kappa shape index (κ1) is 12.8. The molecule has 0 spiro atoms. The van der Waals surface area contributed by atoms with E-state index < -0.39 is 0 Å². The number of nitrogens with one attached hydrogen (secondary N) is 2. The molecule has 0 unspecified atom stereocenters. The summed E-state index contributed by atoms with van der Waals surface area (Å²) in [6, 6.07) is 2.86. The Morgan fingerprint density at radius 1 is 1.33 bits per heavy atom. The van der Waals surface area contributed by atoms with E-state index in [4.69, 9.17) is 0 Å². The average Bonchev–Trinajstić information content (AvgIpc) is 2.94. The third kappa shape index (κ3) is 2.11. The molecule has 2 aromatic heterocycles. The highest BCUT2D eigenvalue weighted by Gasteiger charge is 2.41. The van der Waals surface area contributed by atoms with Crippen LogP contribution in [0.3, 0.4) is 0 Å². The minimum atomic E-state index is -0.355. The van der Waals surface area contributed by atoms with Gasteiger partial charge in [-0.3, -0.25) is 4.79 Å². The molecule has 0 aliphatic heterocycles. The van der Waals surface area contributed by atoms with Crippen LogP contribution in [0.25, 0.3) is 11.0 Å². The van der Waals surface area contributed by atoms with Crippen molar-refractivity contribution < 1.29 is 9.18 Å². The van der Waals surface area contributed by atoms with Crippen molar-refractivity contribution in [1.29, 1.82) is 0 Å². The Bertz CT molecular complexity index is 687.